The number of aromatic carboxylic acids is 1. The third kappa shape index (κ3) is 7.56. The van der Waals surface area contributed by atoms with Crippen molar-refractivity contribution in [2.24, 2.45) is 0 Å². The molecule has 0 radical (unpaired) electrons. The molecule has 5 rings (SSSR count). The Hall–Kier alpha value is -3.02. The second-order valence-electron chi connectivity index (χ2n) is 11.6. The summed E-state index contributed by atoms with van der Waals surface area (Å²) >= 11 is 6.39. The molecule has 0 aliphatic carbocycles. The van der Waals surface area contributed by atoms with Crippen LogP contribution in [0, 0.1) is 0 Å². The van der Waals surface area contributed by atoms with E-state index in [0.29, 0.717) is 31.0 Å². The monoisotopic (exact) mass is 643 g/mol. The fourth-order valence-electron chi connectivity index (χ4n) is 6.01. The number of hydrogen-bond acceptors (Lipinski definition) is 5. The number of piperazine rings is 1. The molecule has 43 heavy (non-hydrogen) atoms. The van der Waals surface area contributed by atoms with Crippen molar-refractivity contribution in [1.29, 1.82) is 0 Å². The average molecular weight is 645 g/mol. The van der Waals surface area contributed by atoms with Gasteiger partial charge in [0, 0.05) is 67.8 Å². The summed E-state index contributed by atoms with van der Waals surface area (Å²) in [6.45, 7) is 7.60. The minimum absolute atomic E-state index is 0. The highest BCUT2D eigenvalue weighted by Crippen LogP contribution is 2.39. The van der Waals surface area contributed by atoms with Crippen molar-refractivity contribution in [3.05, 3.63) is 64.9 Å². The van der Waals surface area contributed by atoms with E-state index in [1.165, 1.54) is 0 Å². The molecule has 2 saturated heterocycles. The zero-order chi connectivity index (χ0) is 30.2. The molecule has 3 heterocycles. The number of nitrogens with zero attached hydrogens (tertiary/aromatic N) is 5. The number of alkyl halides is 4. The van der Waals surface area contributed by atoms with Gasteiger partial charge in [0.05, 0.1) is 12.2 Å². The van der Waals surface area contributed by atoms with E-state index in [9.17, 15) is 27.5 Å². The van der Waals surface area contributed by atoms with Crippen LogP contribution in [0.4, 0.5) is 28.9 Å². The summed E-state index contributed by atoms with van der Waals surface area (Å²) in [6.07, 6.45) is -3.05. The minimum Gasteiger partial charge on any atom is -0.478 e. The third-order valence-electron chi connectivity index (χ3n) is 7.85. The predicted molar refractivity (Wildman–Crippen MR) is 163 cm³/mol. The summed E-state index contributed by atoms with van der Waals surface area (Å²) in [6, 6.07) is 13.0. The molecule has 234 valence electrons. The second kappa shape index (κ2) is 12.9. The SMILES string of the molecule is CC(C)(F)CN1CCN(c2ccc(-c3ccc(Cl)cc3N3CCCC(n4ncc(C(=O)O)c4C(F)(F)F)C3)cc2)CC1.Cl. The average Bonchev–Trinajstić information content (AvgIpc) is 3.40. The van der Waals surface area contributed by atoms with Crippen LogP contribution in [-0.4, -0.2) is 77.2 Å². The number of carboxylic acids is 1. The molecule has 1 atom stereocenters. The Balaban J connectivity index is 0.00000423. The van der Waals surface area contributed by atoms with Crippen molar-refractivity contribution in [2.75, 3.05) is 55.6 Å². The maximum atomic E-state index is 14.1. The minimum atomic E-state index is -4.86. The first-order chi connectivity index (χ1) is 19.8. The lowest BCUT2D eigenvalue weighted by molar-refractivity contribution is -0.145. The van der Waals surface area contributed by atoms with Crippen LogP contribution in [0.25, 0.3) is 11.1 Å². The molecule has 3 aromatic rings. The zero-order valence-corrected chi connectivity index (χ0v) is 25.5. The lowest BCUT2D eigenvalue weighted by Crippen LogP contribution is -2.49. The molecule has 2 aromatic carbocycles. The molecule has 13 heteroatoms. The molecule has 2 fully saturated rings. The number of rotatable bonds is 7. The number of benzene rings is 2. The molecular weight excluding hydrogens is 609 g/mol. The van der Waals surface area contributed by atoms with Crippen LogP contribution in [0.2, 0.25) is 5.02 Å². The van der Waals surface area contributed by atoms with Gasteiger partial charge in [-0.25, -0.2) is 9.18 Å². The predicted octanol–water partition coefficient (Wildman–Crippen LogP) is 7.05. The van der Waals surface area contributed by atoms with E-state index in [2.05, 4.69) is 14.9 Å². The number of aromatic nitrogens is 2. The molecule has 2 aliphatic heterocycles. The van der Waals surface area contributed by atoms with E-state index in [1.807, 2.05) is 41.3 Å². The van der Waals surface area contributed by atoms with Gasteiger partial charge in [-0.05, 0) is 56.5 Å². The summed E-state index contributed by atoms with van der Waals surface area (Å²) in [7, 11) is 0. The molecule has 0 amide bonds. The molecule has 1 unspecified atom stereocenters. The lowest BCUT2D eigenvalue weighted by Gasteiger charge is -2.38. The lowest BCUT2D eigenvalue weighted by atomic mass is 9.99. The summed E-state index contributed by atoms with van der Waals surface area (Å²) in [5.74, 6) is -1.66. The number of piperidine rings is 1. The van der Waals surface area contributed by atoms with E-state index >= 15 is 0 Å². The van der Waals surface area contributed by atoms with Gasteiger partial charge in [0.15, 0.2) is 5.69 Å². The molecule has 0 spiro atoms. The Kier molecular flexibility index (Phi) is 9.88. The van der Waals surface area contributed by atoms with Crippen LogP contribution in [-0.2, 0) is 6.18 Å². The summed E-state index contributed by atoms with van der Waals surface area (Å²) in [4.78, 5) is 17.9. The Labute approximate surface area is 259 Å². The van der Waals surface area contributed by atoms with Crippen LogP contribution in [0.1, 0.15) is 48.8 Å². The molecule has 1 aromatic heterocycles. The number of anilines is 2. The van der Waals surface area contributed by atoms with Gasteiger partial charge in [-0.3, -0.25) is 9.58 Å². The maximum absolute atomic E-state index is 14.1. The molecule has 0 saturated carbocycles. The molecule has 2 aliphatic rings. The van der Waals surface area contributed by atoms with Crippen molar-refractivity contribution in [3.63, 3.8) is 0 Å². The van der Waals surface area contributed by atoms with Gasteiger partial charge in [-0.15, -0.1) is 12.4 Å². The second-order valence-corrected chi connectivity index (χ2v) is 12.0. The fraction of sp³-hybridized carbons (Fsp3) is 0.467. The number of carbonyl (C=O) groups is 1. The van der Waals surface area contributed by atoms with Gasteiger partial charge < -0.3 is 14.9 Å². The standard InChI is InChI=1S/C30H34ClF4N5O2.ClH/c1-29(2,32)19-37-12-14-38(15-13-37)22-8-5-20(6-9-22)24-10-7-21(31)16-26(24)39-11-3-4-23(18-39)40-27(30(33,34)35)25(17-36-40)28(41)42;/h5-10,16-17,23H,3-4,11-15,18-19H2,1-2H3,(H,41,42);1H. The first-order valence-electron chi connectivity index (χ1n) is 14.0. The van der Waals surface area contributed by atoms with Crippen LogP contribution in [0.5, 0.6) is 0 Å². The van der Waals surface area contributed by atoms with Crippen molar-refractivity contribution < 1.29 is 27.5 Å². The third-order valence-corrected chi connectivity index (χ3v) is 8.09. The Bertz CT molecular complexity index is 1420. The van der Waals surface area contributed by atoms with Gasteiger partial charge in [0.2, 0.25) is 0 Å². The van der Waals surface area contributed by atoms with E-state index < -0.39 is 35.1 Å². The first-order valence-corrected chi connectivity index (χ1v) is 14.4. The Morgan fingerprint density at radius 3 is 2.28 bits per heavy atom. The number of halogens is 6. The Morgan fingerprint density at radius 1 is 1.00 bits per heavy atom. The normalized spacial score (nSPS) is 18.4. The largest absolute Gasteiger partial charge is 0.478 e. The number of hydrogen-bond donors (Lipinski definition) is 1. The van der Waals surface area contributed by atoms with Crippen molar-refractivity contribution in [1.82, 2.24) is 14.7 Å². The van der Waals surface area contributed by atoms with Gasteiger partial charge in [0.1, 0.15) is 11.2 Å². The molecule has 1 N–H and O–H groups in total. The van der Waals surface area contributed by atoms with Crippen molar-refractivity contribution in [3.8, 4) is 11.1 Å². The molecular formula is C30H35Cl2F4N5O2. The van der Waals surface area contributed by atoms with Crippen LogP contribution >= 0.6 is 24.0 Å². The number of carboxylic acid groups (broad SMARTS) is 1. The first kappa shape index (κ1) is 32.9. The molecule has 0 bridgehead atoms. The fourth-order valence-corrected chi connectivity index (χ4v) is 6.18. The van der Waals surface area contributed by atoms with Gasteiger partial charge in [-0.1, -0.05) is 29.8 Å². The zero-order valence-electron chi connectivity index (χ0n) is 23.9. The summed E-state index contributed by atoms with van der Waals surface area (Å²) in [5, 5.41) is 13.7. The van der Waals surface area contributed by atoms with E-state index in [-0.39, 0.29) is 19.0 Å². The molecule has 7 nitrogen and oxygen atoms in total. The highest BCUT2D eigenvalue weighted by molar-refractivity contribution is 6.31. The van der Waals surface area contributed by atoms with E-state index in [1.54, 1.807) is 19.9 Å². The Morgan fingerprint density at radius 2 is 1.67 bits per heavy atom. The quantitative estimate of drug-likeness (QED) is 0.278. The van der Waals surface area contributed by atoms with Crippen LogP contribution < -0.4 is 9.80 Å². The van der Waals surface area contributed by atoms with Gasteiger partial charge >= 0.3 is 12.1 Å². The highest BCUT2D eigenvalue weighted by atomic mass is 35.5. The topological polar surface area (TPSA) is 64.8 Å². The van der Waals surface area contributed by atoms with Crippen molar-refractivity contribution in [2.45, 2.75) is 44.6 Å². The van der Waals surface area contributed by atoms with E-state index in [0.717, 1.165) is 59.6 Å². The van der Waals surface area contributed by atoms with Crippen LogP contribution in [0.15, 0.2) is 48.7 Å². The van der Waals surface area contributed by atoms with Crippen molar-refractivity contribution >= 4 is 41.4 Å². The van der Waals surface area contributed by atoms with Gasteiger partial charge in [0.25, 0.3) is 0 Å². The maximum Gasteiger partial charge on any atom is 0.433 e. The summed E-state index contributed by atoms with van der Waals surface area (Å²) in [5.41, 5.74) is 0.377. The summed E-state index contributed by atoms with van der Waals surface area (Å²) < 4.78 is 56.6. The van der Waals surface area contributed by atoms with Gasteiger partial charge in [-0.2, -0.15) is 18.3 Å². The van der Waals surface area contributed by atoms with Crippen LogP contribution in [0.3, 0.4) is 0 Å². The van der Waals surface area contributed by atoms with E-state index in [4.69, 9.17) is 11.6 Å². The highest BCUT2D eigenvalue weighted by Gasteiger charge is 2.42. The smallest absolute Gasteiger partial charge is 0.433 e.